The third-order valence-corrected chi connectivity index (χ3v) is 2.70. The van der Waals surface area contributed by atoms with E-state index in [1.807, 2.05) is 6.07 Å². The minimum atomic E-state index is -0.0670. The molecule has 0 atom stereocenters. The van der Waals surface area contributed by atoms with E-state index in [1.165, 1.54) is 0 Å². The second-order valence-corrected chi connectivity index (χ2v) is 4.37. The fourth-order valence-electron chi connectivity index (χ4n) is 1.26. The average Bonchev–Trinajstić information content (AvgIpc) is 2.86. The number of aromatic nitrogens is 1. The summed E-state index contributed by atoms with van der Waals surface area (Å²) in [5.41, 5.74) is 0.892. The highest BCUT2D eigenvalue weighted by Gasteiger charge is 2.41. The van der Waals surface area contributed by atoms with Gasteiger partial charge in [-0.3, -0.25) is 4.98 Å². The van der Waals surface area contributed by atoms with Crippen molar-refractivity contribution in [3.8, 4) is 0 Å². The van der Waals surface area contributed by atoms with E-state index in [-0.39, 0.29) is 12.1 Å². The molecule has 0 amide bonds. The van der Waals surface area contributed by atoms with Crippen LogP contribution in [0, 0.1) is 0 Å². The van der Waals surface area contributed by atoms with E-state index < -0.39 is 0 Å². The summed E-state index contributed by atoms with van der Waals surface area (Å²) in [6.45, 7) is 0.194. The molecule has 0 bridgehead atoms. The molecule has 1 aromatic heterocycles. The Morgan fingerprint density at radius 2 is 2.31 bits per heavy atom. The Kier molecular flexibility index (Phi) is 2.26. The minimum Gasteiger partial charge on any atom is -0.394 e. The van der Waals surface area contributed by atoms with Gasteiger partial charge in [0.25, 0.3) is 0 Å². The summed E-state index contributed by atoms with van der Waals surface area (Å²) in [5.74, 6) is 0. The highest BCUT2D eigenvalue weighted by atomic mass is 79.9. The predicted octanol–water partition coefficient (Wildman–Crippen LogP) is 1.78. The van der Waals surface area contributed by atoms with E-state index in [2.05, 4.69) is 26.2 Å². The van der Waals surface area contributed by atoms with Crippen LogP contribution in [0.3, 0.4) is 0 Å². The van der Waals surface area contributed by atoms with Crippen molar-refractivity contribution in [1.82, 2.24) is 4.98 Å². The average molecular weight is 243 g/mol. The van der Waals surface area contributed by atoms with Crippen LogP contribution in [0.25, 0.3) is 0 Å². The first kappa shape index (κ1) is 8.97. The Hall–Kier alpha value is -0.610. The van der Waals surface area contributed by atoms with E-state index in [0.717, 1.165) is 23.0 Å². The first-order chi connectivity index (χ1) is 6.24. The molecule has 0 aromatic carbocycles. The molecule has 1 heterocycles. The van der Waals surface area contributed by atoms with Crippen molar-refractivity contribution in [2.45, 2.75) is 18.4 Å². The lowest BCUT2D eigenvalue weighted by molar-refractivity contribution is 0.266. The molecular weight excluding hydrogens is 232 g/mol. The SMILES string of the molecule is OCC1(Nc2cncc(Br)c2)CC1. The Morgan fingerprint density at radius 1 is 1.54 bits per heavy atom. The number of nitrogens with one attached hydrogen (secondary N) is 1. The lowest BCUT2D eigenvalue weighted by Gasteiger charge is -2.15. The fourth-order valence-corrected chi connectivity index (χ4v) is 1.62. The Balaban J connectivity index is 2.09. The van der Waals surface area contributed by atoms with Crippen molar-refractivity contribution < 1.29 is 5.11 Å². The molecule has 1 aliphatic carbocycles. The second-order valence-electron chi connectivity index (χ2n) is 3.46. The van der Waals surface area contributed by atoms with Crippen LogP contribution in [0.2, 0.25) is 0 Å². The highest BCUT2D eigenvalue weighted by Crippen LogP contribution is 2.38. The van der Waals surface area contributed by atoms with Gasteiger partial charge >= 0.3 is 0 Å². The summed E-state index contributed by atoms with van der Waals surface area (Å²) < 4.78 is 0.950. The summed E-state index contributed by atoms with van der Waals surface area (Å²) in [6.07, 6.45) is 5.58. The summed E-state index contributed by atoms with van der Waals surface area (Å²) in [4.78, 5) is 4.04. The first-order valence-electron chi connectivity index (χ1n) is 4.24. The first-order valence-corrected chi connectivity index (χ1v) is 5.03. The molecule has 13 heavy (non-hydrogen) atoms. The van der Waals surface area contributed by atoms with E-state index in [4.69, 9.17) is 5.11 Å². The fraction of sp³-hybridized carbons (Fsp3) is 0.444. The molecule has 1 saturated carbocycles. The molecule has 1 fully saturated rings. The number of halogens is 1. The number of nitrogens with zero attached hydrogens (tertiary/aromatic N) is 1. The van der Waals surface area contributed by atoms with Gasteiger partial charge in [0.15, 0.2) is 0 Å². The summed E-state index contributed by atoms with van der Waals surface area (Å²) in [7, 11) is 0. The molecule has 2 N–H and O–H groups in total. The van der Waals surface area contributed by atoms with Crippen molar-refractivity contribution in [3.05, 3.63) is 22.9 Å². The third-order valence-electron chi connectivity index (χ3n) is 2.27. The van der Waals surface area contributed by atoms with Crippen LogP contribution in [0.15, 0.2) is 22.9 Å². The predicted molar refractivity (Wildman–Crippen MR) is 54.6 cm³/mol. The van der Waals surface area contributed by atoms with E-state index >= 15 is 0 Å². The van der Waals surface area contributed by atoms with Crippen molar-refractivity contribution in [1.29, 1.82) is 0 Å². The molecule has 0 aliphatic heterocycles. The lowest BCUT2D eigenvalue weighted by Crippen LogP contribution is -2.25. The number of hydrogen-bond acceptors (Lipinski definition) is 3. The van der Waals surface area contributed by atoms with Gasteiger partial charge in [-0.05, 0) is 34.8 Å². The van der Waals surface area contributed by atoms with Crippen molar-refractivity contribution in [2.75, 3.05) is 11.9 Å². The van der Waals surface area contributed by atoms with Crippen LogP contribution in [0.1, 0.15) is 12.8 Å². The molecular formula is C9H11BrN2O. The quantitative estimate of drug-likeness (QED) is 0.850. The number of aliphatic hydroxyl groups excluding tert-OH is 1. The number of aliphatic hydroxyl groups is 1. The number of pyridine rings is 1. The topological polar surface area (TPSA) is 45.1 Å². The molecule has 70 valence electrons. The number of hydrogen-bond donors (Lipinski definition) is 2. The molecule has 1 aromatic rings. The third kappa shape index (κ3) is 2.00. The molecule has 0 saturated heterocycles. The molecule has 0 unspecified atom stereocenters. The standard InChI is InChI=1S/C9H11BrN2O/c10-7-3-8(5-11-4-7)12-9(6-13)1-2-9/h3-5,12-13H,1-2,6H2. The normalized spacial score (nSPS) is 18.3. The lowest BCUT2D eigenvalue weighted by atomic mass is 10.3. The van der Waals surface area contributed by atoms with Crippen LogP contribution in [-0.2, 0) is 0 Å². The Labute approximate surface area is 85.3 Å². The van der Waals surface area contributed by atoms with Gasteiger partial charge < -0.3 is 10.4 Å². The number of rotatable bonds is 3. The van der Waals surface area contributed by atoms with Crippen LogP contribution in [0.5, 0.6) is 0 Å². The molecule has 3 nitrogen and oxygen atoms in total. The van der Waals surface area contributed by atoms with E-state index in [9.17, 15) is 0 Å². The van der Waals surface area contributed by atoms with Gasteiger partial charge in [-0.1, -0.05) is 0 Å². The van der Waals surface area contributed by atoms with Gasteiger partial charge in [0, 0.05) is 10.7 Å². The van der Waals surface area contributed by atoms with Crippen molar-refractivity contribution >= 4 is 21.6 Å². The summed E-state index contributed by atoms with van der Waals surface area (Å²) >= 11 is 3.35. The van der Waals surface area contributed by atoms with Crippen molar-refractivity contribution in [2.24, 2.45) is 0 Å². The number of anilines is 1. The summed E-state index contributed by atoms with van der Waals surface area (Å²) in [5, 5.41) is 12.4. The van der Waals surface area contributed by atoms with E-state index in [0.29, 0.717) is 0 Å². The molecule has 4 heteroatoms. The van der Waals surface area contributed by atoms with E-state index in [1.54, 1.807) is 12.4 Å². The zero-order valence-corrected chi connectivity index (χ0v) is 8.71. The van der Waals surface area contributed by atoms with Gasteiger partial charge in [0.2, 0.25) is 0 Å². The van der Waals surface area contributed by atoms with Gasteiger partial charge in [0.1, 0.15) is 0 Å². The zero-order chi connectivity index (χ0) is 9.31. The highest BCUT2D eigenvalue weighted by molar-refractivity contribution is 9.10. The van der Waals surface area contributed by atoms with Gasteiger partial charge in [-0.25, -0.2) is 0 Å². The monoisotopic (exact) mass is 242 g/mol. The van der Waals surface area contributed by atoms with Crippen LogP contribution >= 0.6 is 15.9 Å². The van der Waals surface area contributed by atoms with Gasteiger partial charge in [-0.2, -0.15) is 0 Å². The second kappa shape index (κ2) is 3.27. The maximum atomic E-state index is 9.09. The maximum absolute atomic E-state index is 9.09. The Morgan fingerprint density at radius 3 is 2.85 bits per heavy atom. The van der Waals surface area contributed by atoms with Gasteiger partial charge in [0.05, 0.1) is 24.0 Å². The molecule has 2 rings (SSSR count). The molecule has 0 radical (unpaired) electrons. The van der Waals surface area contributed by atoms with Crippen LogP contribution in [0.4, 0.5) is 5.69 Å². The van der Waals surface area contributed by atoms with Crippen molar-refractivity contribution in [3.63, 3.8) is 0 Å². The summed E-state index contributed by atoms with van der Waals surface area (Å²) in [6, 6.07) is 1.96. The van der Waals surface area contributed by atoms with Gasteiger partial charge in [-0.15, -0.1) is 0 Å². The largest absolute Gasteiger partial charge is 0.394 e. The zero-order valence-electron chi connectivity index (χ0n) is 7.13. The smallest absolute Gasteiger partial charge is 0.0661 e. The maximum Gasteiger partial charge on any atom is 0.0661 e. The minimum absolute atomic E-state index is 0.0670. The molecule has 1 aliphatic rings. The van der Waals surface area contributed by atoms with Crippen LogP contribution < -0.4 is 5.32 Å². The molecule has 0 spiro atoms. The Bertz CT molecular complexity index is 312. The van der Waals surface area contributed by atoms with Crippen LogP contribution in [-0.4, -0.2) is 22.2 Å².